The lowest BCUT2D eigenvalue weighted by molar-refractivity contribution is -0.384. The fourth-order valence-electron chi connectivity index (χ4n) is 3.55. The van der Waals surface area contributed by atoms with Crippen LogP contribution in [0.1, 0.15) is 18.1 Å². The second kappa shape index (κ2) is 9.32. The molecule has 1 aliphatic heterocycles. The van der Waals surface area contributed by atoms with Crippen molar-refractivity contribution in [1.29, 1.82) is 0 Å². The molecule has 8 heteroatoms. The molecule has 0 saturated carbocycles. The van der Waals surface area contributed by atoms with Gasteiger partial charge in [-0.3, -0.25) is 19.7 Å². The average Bonchev–Trinajstić information content (AvgIpc) is 2.77. The van der Waals surface area contributed by atoms with Crippen molar-refractivity contribution in [3.63, 3.8) is 0 Å². The first-order valence-electron chi connectivity index (χ1n) is 9.61. The van der Waals surface area contributed by atoms with Crippen LogP contribution in [0.4, 0.5) is 5.69 Å². The molecule has 0 atom stereocenters. The van der Waals surface area contributed by atoms with E-state index in [1.54, 1.807) is 52.3 Å². The molecule has 2 aromatic carbocycles. The van der Waals surface area contributed by atoms with E-state index in [2.05, 4.69) is 0 Å². The van der Waals surface area contributed by atoms with Gasteiger partial charge in [-0.1, -0.05) is 36.4 Å². The van der Waals surface area contributed by atoms with Crippen LogP contribution in [0.25, 0.3) is 17.2 Å². The largest absolute Gasteiger partial charge is 0.392 e. The quantitative estimate of drug-likeness (QED) is 0.464. The molecule has 0 bridgehead atoms. The number of piperazine rings is 1. The van der Waals surface area contributed by atoms with E-state index < -0.39 is 4.92 Å². The van der Waals surface area contributed by atoms with Crippen molar-refractivity contribution in [2.24, 2.45) is 0 Å². The van der Waals surface area contributed by atoms with Crippen molar-refractivity contribution in [2.75, 3.05) is 26.2 Å². The molecule has 30 heavy (non-hydrogen) atoms. The van der Waals surface area contributed by atoms with Gasteiger partial charge in [-0.25, -0.2) is 0 Å². The number of hydrogen-bond acceptors (Lipinski definition) is 5. The molecule has 0 radical (unpaired) electrons. The number of carbonyl (C=O) groups is 2. The van der Waals surface area contributed by atoms with Gasteiger partial charge in [0.25, 0.3) is 5.69 Å². The van der Waals surface area contributed by atoms with Crippen LogP contribution in [0.2, 0.25) is 0 Å². The van der Waals surface area contributed by atoms with Gasteiger partial charge >= 0.3 is 0 Å². The van der Waals surface area contributed by atoms with Crippen LogP contribution in [0, 0.1) is 10.1 Å². The number of hydrogen-bond donors (Lipinski definition) is 1. The van der Waals surface area contributed by atoms with E-state index in [0.717, 1.165) is 0 Å². The van der Waals surface area contributed by atoms with E-state index in [1.165, 1.54) is 19.1 Å². The molecule has 156 valence electrons. The van der Waals surface area contributed by atoms with Gasteiger partial charge in [0.05, 0.1) is 17.1 Å². The second-order valence-corrected chi connectivity index (χ2v) is 6.98. The third-order valence-corrected chi connectivity index (χ3v) is 5.17. The fourth-order valence-corrected chi connectivity index (χ4v) is 3.55. The van der Waals surface area contributed by atoms with Gasteiger partial charge in [0.2, 0.25) is 11.8 Å². The number of aliphatic hydroxyl groups is 1. The molecule has 0 aromatic heterocycles. The van der Waals surface area contributed by atoms with E-state index in [9.17, 15) is 24.8 Å². The summed E-state index contributed by atoms with van der Waals surface area (Å²) in [5, 5.41) is 21.3. The van der Waals surface area contributed by atoms with Crippen LogP contribution < -0.4 is 0 Å². The number of carbonyl (C=O) groups excluding carboxylic acids is 2. The van der Waals surface area contributed by atoms with E-state index in [0.29, 0.717) is 48.4 Å². The minimum absolute atomic E-state index is 0.0126. The average molecular weight is 409 g/mol. The first-order valence-corrected chi connectivity index (χ1v) is 9.61. The SMILES string of the molecule is CC(=O)N1CCN(C(=O)/C=C/c2cccc([N+](=O)[O-])c2-c2ccccc2CO)CC1. The Balaban J connectivity index is 1.91. The number of rotatable bonds is 5. The maximum atomic E-state index is 12.6. The Hall–Kier alpha value is -3.52. The Morgan fingerprint density at radius 2 is 1.73 bits per heavy atom. The third kappa shape index (κ3) is 4.55. The van der Waals surface area contributed by atoms with Crippen molar-refractivity contribution >= 4 is 23.6 Å². The van der Waals surface area contributed by atoms with Gasteiger partial charge in [0.1, 0.15) is 0 Å². The highest BCUT2D eigenvalue weighted by atomic mass is 16.6. The Labute approximate surface area is 174 Å². The minimum Gasteiger partial charge on any atom is -0.392 e. The van der Waals surface area contributed by atoms with Gasteiger partial charge in [0.15, 0.2) is 0 Å². The lowest BCUT2D eigenvalue weighted by Crippen LogP contribution is -2.49. The molecule has 0 unspecified atom stereocenters. The standard InChI is InChI=1S/C22H23N3O5/c1-16(27)23-11-13-24(14-12-23)21(28)10-9-17-6-4-8-20(25(29)30)22(17)19-7-3-2-5-18(19)15-26/h2-10,26H,11-15H2,1H3/b10-9+. The summed E-state index contributed by atoms with van der Waals surface area (Å²) in [7, 11) is 0. The molecule has 1 heterocycles. The van der Waals surface area contributed by atoms with Crippen LogP contribution in [0.5, 0.6) is 0 Å². The lowest BCUT2D eigenvalue weighted by Gasteiger charge is -2.33. The van der Waals surface area contributed by atoms with Crippen molar-refractivity contribution in [2.45, 2.75) is 13.5 Å². The first-order chi connectivity index (χ1) is 14.4. The molecule has 1 fully saturated rings. The Morgan fingerprint density at radius 1 is 1.07 bits per heavy atom. The Kier molecular flexibility index (Phi) is 6.58. The summed E-state index contributed by atoms with van der Waals surface area (Å²) in [6.45, 7) is 3.10. The van der Waals surface area contributed by atoms with Gasteiger partial charge in [-0.2, -0.15) is 0 Å². The van der Waals surface area contributed by atoms with Crippen molar-refractivity contribution in [3.8, 4) is 11.1 Å². The Morgan fingerprint density at radius 3 is 2.37 bits per heavy atom. The Bertz CT molecular complexity index is 994. The monoisotopic (exact) mass is 409 g/mol. The molecule has 2 aromatic rings. The normalized spacial score (nSPS) is 14.2. The number of amides is 2. The van der Waals surface area contributed by atoms with E-state index in [-0.39, 0.29) is 24.1 Å². The summed E-state index contributed by atoms with van der Waals surface area (Å²) in [5.41, 5.74) is 1.89. The van der Waals surface area contributed by atoms with E-state index in [4.69, 9.17) is 0 Å². The van der Waals surface area contributed by atoms with Gasteiger partial charge in [-0.05, 0) is 22.8 Å². The predicted molar refractivity (Wildman–Crippen MR) is 112 cm³/mol. The zero-order valence-corrected chi connectivity index (χ0v) is 16.7. The molecule has 1 aliphatic rings. The molecule has 2 amide bonds. The van der Waals surface area contributed by atoms with Crippen molar-refractivity contribution in [1.82, 2.24) is 9.80 Å². The number of benzene rings is 2. The fraction of sp³-hybridized carbons (Fsp3) is 0.273. The predicted octanol–water partition coefficient (Wildman–Crippen LogP) is 2.46. The second-order valence-electron chi connectivity index (χ2n) is 6.98. The maximum Gasteiger partial charge on any atom is 0.277 e. The number of nitro benzene ring substituents is 1. The smallest absolute Gasteiger partial charge is 0.277 e. The lowest BCUT2D eigenvalue weighted by atomic mass is 9.93. The molecule has 1 saturated heterocycles. The number of nitro groups is 1. The molecule has 0 aliphatic carbocycles. The van der Waals surface area contributed by atoms with Crippen LogP contribution in [0.3, 0.4) is 0 Å². The van der Waals surface area contributed by atoms with Crippen LogP contribution in [0.15, 0.2) is 48.5 Å². The van der Waals surface area contributed by atoms with Gasteiger partial charge in [0, 0.05) is 45.2 Å². The molecular weight excluding hydrogens is 386 g/mol. The zero-order valence-electron chi connectivity index (χ0n) is 16.7. The van der Waals surface area contributed by atoms with E-state index >= 15 is 0 Å². The molecule has 0 spiro atoms. The highest BCUT2D eigenvalue weighted by Gasteiger charge is 2.22. The van der Waals surface area contributed by atoms with E-state index in [1.807, 2.05) is 0 Å². The number of nitrogens with zero attached hydrogens (tertiary/aromatic N) is 3. The maximum absolute atomic E-state index is 12.6. The molecule has 1 N–H and O–H groups in total. The summed E-state index contributed by atoms with van der Waals surface area (Å²) in [6, 6.07) is 11.6. The summed E-state index contributed by atoms with van der Waals surface area (Å²) in [6.07, 6.45) is 2.96. The van der Waals surface area contributed by atoms with Crippen LogP contribution in [-0.4, -0.2) is 57.8 Å². The highest BCUT2D eigenvalue weighted by Crippen LogP contribution is 2.36. The third-order valence-electron chi connectivity index (χ3n) is 5.17. The molecule has 3 rings (SSSR count). The minimum atomic E-state index is -0.469. The van der Waals surface area contributed by atoms with Crippen molar-refractivity contribution in [3.05, 3.63) is 69.8 Å². The zero-order chi connectivity index (χ0) is 21.7. The summed E-state index contributed by atoms with van der Waals surface area (Å²) in [4.78, 5) is 38.5. The highest BCUT2D eigenvalue weighted by molar-refractivity contribution is 5.94. The van der Waals surface area contributed by atoms with Crippen LogP contribution in [-0.2, 0) is 16.2 Å². The van der Waals surface area contributed by atoms with Gasteiger partial charge < -0.3 is 14.9 Å². The van der Waals surface area contributed by atoms with Crippen molar-refractivity contribution < 1.29 is 19.6 Å². The molecule has 8 nitrogen and oxygen atoms in total. The van der Waals surface area contributed by atoms with Crippen LogP contribution >= 0.6 is 0 Å². The summed E-state index contributed by atoms with van der Waals surface area (Å²) in [5.74, 6) is -0.229. The van der Waals surface area contributed by atoms with Gasteiger partial charge in [-0.15, -0.1) is 0 Å². The summed E-state index contributed by atoms with van der Waals surface area (Å²) < 4.78 is 0. The first kappa shape index (κ1) is 21.2. The topological polar surface area (TPSA) is 104 Å². The molecular formula is C22H23N3O5. The number of aliphatic hydroxyl groups excluding tert-OH is 1. The summed E-state index contributed by atoms with van der Waals surface area (Å²) >= 11 is 0.